The van der Waals surface area contributed by atoms with Gasteiger partial charge in [0.05, 0.1) is 39.5 Å². The molecule has 8 heteroatoms. The summed E-state index contributed by atoms with van der Waals surface area (Å²) < 4.78 is 1.66. The third-order valence-corrected chi connectivity index (χ3v) is 10.1. The monoisotopic (exact) mass is 551 g/mol. The number of allylic oxidation sites excluding steroid dienone is 2. The Hall–Kier alpha value is -3.75. The summed E-state index contributed by atoms with van der Waals surface area (Å²) in [6, 6.07) is 25.2. The summed E-state index contributed by atoms with van der Waals surface area (Å²) in [5.74, 6) is -0.0788. The normalized spacial score (nSPS) is 23.3. The predicted octanol–water partition coefficient (Wildman–Crippen LogP) is 5.61. The lowest BCUT2D eigenvalue weighted by Crippen LogP contribution is -2.32. The number of rotatable bonds is 7. The third-order valence-electron chi connectivity index (χ3n) is 7.98. The highest BCUT2D eigenvalue weighted by Gasteiger charge is 2.59. The van der Waals surface area contributed by atoms with Crippen molar-refractivity contribution >= 4 is 56.7 Å². The van der Waals surface area contributed by atoms with E-state index < -0.39 is 0 Å². The van der Waals surface area contributed by atoms with Gasteiger partial charge in [-0.1, -0.05) is 84.6 Å². The number of carbonyl (C=O) groups excluding carboxylic acids is 3. The van der Waals surface area contributed by atoms with Gasteiger partial charge in [-0.3, -0.25) is 14.4 Å². The number of thiazole rings is 1. The Bertz CT molecular complexity index is 1550. The number of anilines is 1. The van der Waals surface area contributed by atoms with E-state index in [1.54, 1.807) is 6.07 Å². The van der Waals surface area contributed by atoms with Crippen molar-refractivity contribution in [3.8, 4) is 0 Å². The topological polar surface area (TPSA) is 79.4 Å². The molecule has 1 N–H and O–H groups in total. The minimum Gasteiger partial charge on any atom is -0.344 e. The van der Waals surface area contributed by atoms with Gasteiger partial charge in [-0.15, -0.1) is 11.3 Å². The maximum absolute atomic E-state index is 13.2. The van der Waals surface area contributed by atoms with Crippen molar-refractivity contribution in [3.05, 3.63) is 102 Å². The maximum atomic E-state index is 13.2. The van der Waals surface area contributed by atoms with E-state index in [0.29, 0.717) is 5.69 Å². The zero-order chi connectivity index (χ0) is 26.5. The highest BCUT2D eigenvalue weighted by molar-refractivity contribution is 8.01. The molecule has 194 valence electrons. The molecule has 3 amide bonds. The number of nitrogens with one attached hydrogen (secondary N) is 1. The average Bonchev–Trinajstić information content (AvgIpc) is 3.74. The standard InChI is InChI=1S/C31H25N3O3S2/c35-25(33-28(18-7-3-1-4-8-18)19-9-5-2-6-10-19)17-38-31-32-23-14-13-22(16-24(23)39-31)34-29(36)26-20-11-12-21(15-20)27(26)30(34)37/h1-14,16,20-21,26-28H,15,17H2,(H,33,35)/t20-,21-,26-,27+/m0/s1. The summed E-state index contributed by atoms with van der Waals surface area (Å²) in [4.78, 5) is 45.5. The lowest BCUT2D eigenvalue weighted by atomic mass is 9.85. The van der Waals surface area contributed by atoms with E-state index in [2.05, 4.69) is 22.5 Å². The summed E-state index contributed by atoms with van der Waals surface area (Å²) in [7, 11) is 0. The van der Waals surface area contributed by atoms with Crippen molar-refractivity contribution in [2.24, 2.45) is 23.7 Å². The molecule has 0 spiro atoms. The van der Waals surface area contributed by atoms with Crippen LogP contribution in [0.1, 0.15) is 23.6 Å². The molecule has 1 aliphatic heterocycles. The van der Waals surface area contributed by atoms with Crippen molar-refractivity contribution in [1.29, 1.82) is 0 Å². The molecule has 1 saturated heterocycles. The van der Waals surface area contributed by atoms with Crippen molar-refractivity contribution in [2.75, 3.05) is 10.7 Å². The average molecular weight is 552 g/mol. The Morgan fingerprint density at radius 1 is 0.923 bits per heavy atom. The number of amides is 3. The minimum absolute atomic E-state index is 0.0802. The van der Waals surface area contributed by atoms with Crippen molar-refractivity contribution in [2.45, 2.75) is 16.8 Å². The Balaban J connectivity index is 1.05. The molecule has 1 aromatic heterocycles. The van der Waals surface area contributed by atoms with Gasteiger partial charge in [-0.25, -0.2) is 9.88 Å². The lowest BCUT2D eigenvalue weighted by Gasteiger charge is -2.19. The quantitative estimate of drug-likeness (QED) is 0.184. The molecule has 3 aromatic carbocycles. The number of carbonyl (C=O) groups is 3. The SMILES string of the molecule is O=C(CSc1nc2ccc(N3C(=O)[C@@H]4[C@H](C3=O)[C@H]3C=C[C@H]4C3)cc2s1)NC(c1ccccc1)c1ccccc1. The number of fused-ring (bicyclic) bond motifs is 6. The third kappa shape index (κ3) is 4.28. The number of hydrogen-bond acceptors (Lipinski definition) is 6. The van der Waals surface area contributed by atoms with Crippen molar-refractivity contribution in [3.63, 3.8) is 0 Å². The summed E-state index contributed by atoms with van der Waals surface area (Å²) >= 11 is 2.86. The molecular formula is C31H25N3O3S2. The predicted molar refractivity (Wildman–Crippen MR) is 153 cm³/mol. The number of thioether (sulfide) groups is 1. The zero-order valence-electron chi connectivity index (χ0n) is 20.9. The molecule has 39 heavy (non-hydrogen) atoms. The summed E-state index contributed by atoms with van der Waals surface area (Å²) in [5, 5.41) is 3.17. The zero-order valence-corrected chi connectivity index (χ0v) is 22.5. The van der Waals surface area contributed by atoms with Gasteiger partial charge in [0.25, 0.3) is 0 Å². The fourth-order valence-corrected chi connectivity index (χ4v) is 8.14. The molecule has 7 rings (SSSR count). The summed E-state index contributed by atoms with van der Waals surface area (Å²) in [5.41, 5.74) is 3.44. The number of nitrogens with zero attached hydrogens (tertiary/aromatic N) is 2. The molecule has 4 aromatic rings. The second-order valence-electron chi connectivity index (χ2n) is 10.3. The summed E-state index contributed by atoms with van der Waals surface area (Å²) in [6.07, 6.45) is 5.13. The van der Waals surface area contributed by atoms with Gasteiger partial charge in [-0.2, -0.15) is 0 Å². The van der Waals surface area contributed by atoms with Gasteiger partial charge < -0.3 is 5.32 Å². The van der Waals surface area contributed by atoms with Crippen LogP contribution in [0.4, 0.5) is 5.69 Å². The highest BCUT2D eigenvalue weighted by Crippen LogP contribution is 2.53. The van der Waals surface area contributed by atoms with Crippen LogP contribution in [-0.4, -0.2) is 28.5 Å². The fraction of sp³-hybridized carbons (Fsp3) is 0.226. The first-order chi connectivity index (χ1) is 19.1. The first-order valence-electron chi connectivity index (χ1n) is 13.1. The van der Waals surface area contributed by atoms with E-state index in [9.17, 15) is 14.4 Å². The lowest BCUT2D eigenvalue weighted by molar-refractivity contribution is -0.123. The van der Waals surface area contributed by atoms with E-state index >= 15 is 0 Å². The molecule has 2 fully saturated rings. The highest BCUT2D eigenvalue weighted by atomic mass is 32.2. The van der Waals surface area contributed by atoms with E-state index in [4.69, 9.17) is 0 Å². The Morgan fingerprint density at radius 3 is 2.15 bits per heavy atom. The van der Waals surface area contributed by atoms with E-state index in [-0.39, 0.29) is 53.2 Å². The Kier molecular flexibility index (Phi) is 6.09. The maximum Gasteiger partial charge on any atom is 0.238 e. The number of hydrogen-bond donors (Lipinski definition) is 1. The van der Waals surface area contributed by atoms with Crippen LogP contribution >= 0.6 is 23.1 Å². The second kappa shape index (κ2) is 9.77. The van der Waals surface area contributed by atoms with E-state index in [0.717, 1.165) is 32.1 Å². The van der Waals surface area contributed by atoms with Crippen molar-refractivity contribution < 1.29 is 14.4 Å². The number of benzene rings is 3. The number of imide groups is 1. The molecule has 3 aliphatic rings. The van der Waals surface area contributed by atoms with Crippen LogP contribution < -0.4 is 10.2 Å². The van der Waals surface area contributed by atoms with Crippen LogP contribution in [0.25, 0.3) is 10.2 Å². The van der Waals surface area contributed by atoms with Gasteiger partial charge in [0.15, 0.2) is 4.34 Å². The van der Waals surface area contributed by atoms with Crippen LogP contribution in [0.3, 0.4) is 0 Å². The fourth-order valence-electron chi connectivity index (χ4n) is 6.23. The Labute approximate surface area is 234 Å². The van der Waals surface area contributed by atoms with Gasteiger partial charge in [0.1, 0.15) is 0 Å². The largest absolute Gasteiger partial charge is 0.344 e. The molecule has 4 atom stereocenters. The van der Waals surface area contributed by atoms with E-state index in [1.807, 2.05) is 72.8 Å². The smallest absolute Gasteiger partial charge is 0.238 e. The van der Waals surface area contributed by atoms with Gasteiger partial charge in [0, 0.05) is 0 Å². The van der Waals surface area contributed by atoms with Crippen molar-refractivity contribution in [1.82, 2.24) is 10.3 Å². The molecular weight excluding hydrogens is 526 g/mol. The first-order valence-corrected chi connectivity index (χ1v) is 14.9. The van der Waals surface area contributed by atoms with Crippen LogP contribution in [0, 0.1) is 23.7 Å². The van der Waals surface area contributed by atoms with Gasteiger partial charge in [0.2, 0.25) is 17.7 Å². The molecule has 2 bridgehead atoms. The van der Waals surface area contributed by atoms with Crippen LogP contribution in [-0.2, 0) is 14.4 Å². The molecule has 6 nitrogen and oxygen atoms in total. The Morgan fingerprint density at radius 2 is 1.54 bits per heavy atom. The van der Waals surface area contributed by atoms with Gasteiger partial charge >= 0.3 is 0 Å². The first kappa shape index (κ1) is 24.3. The van der Waals surface area contributed by atoms with Crippen LogP contribution in [0.15, 0.2) is 95.4 Å². The molecule has 2 aliphatic carbocycles. The molecule has 2 heterocycles. The van der Waals surface area contributed by atoms with Crippen LogP contribution in [0.2, 0.25) is 0 Å². The molecule has 0 radical (unpaired) electrons. The second-order valence-corrected chi connectivity index (χ2v) is 12.5. The summed E-state index contributed by atoms with van der Waals surface area (Å²) in [6.45, 7) is 0. The van der Waals surface area contributed by atoms with Crippen LogP contribution in [0.5, 0.6) is 0 Å². The number of aromatic nitrogens is 1. The van der Waals surface area contributed by atoms with Gasteiger partial charge in [-0.05, 0) is 47.6 Å². The minimum atomic E-state index is -0.237. The van der Waals surface area contributed by atoms with E-state index in [1.165, 1.54) is 28.0 Å². The molecule has 0 unspecified atom stereocenters. The molecule has 1 saturated carbocycles.